The van der Waals surface area contributed by atoms with Crippen LogP contribution in [0.25, 0.3) is 16.6 Å². The first-order valence-corrected chi connectivity index (χ1v) is 10.5. The van der Waals surface area contributed by atoms with Crippen molar-refractivity contribution < 1.29 is 4.79 Å². The molecule has 5 heteroatoms. The second-order valence-electron chi connectivity index (χ2n) is 8.06. The van der Waals surface area contributed by atoms with Crippen LogP contribution in [-0.2, 0) is 6.42 Å². The summed E-state index contributed by atoms with van der Waals surface area (Å²) in [5.74, 6) is 0.591. The summed E-state index contributed by atoms with van der Waals surface area (Å²) in [5.41, 5.74) is 4.07. The summed E-state index contributed by atoms with van der Waals surface area (Å²) in [6.07, 6.45) is 1.93. The van der Waals surface area contributed by atoms with E-state index in [1.54, 1.807) is 22.8 Å². The number of amides is 1. The van der Waals surface area contributed by atoms with Crippen molar-refractivity contribution in [3.05, 3.63) is 100 Å². The van der Waals surface area contributed by atoms with E-state index in [0.29, 0.717) is 28.0 Å². The van der Waals surface area contributed by atoms with Gasteiger partial charge in [-0.05, 0) is 74.7 Å². The number of hydrogen-bond acceptors (Lipinski definition) is 3. The van der Waals surface area contributed by atoms with E-state index >= 15 is 0 Å². The van der Waals surface area contributed by atoms with Crippen LogP contribution >= 0.6 is 0 Å². The predicted octanol–water partition coefficient (Wildman–Crippen LogP) is 4.68. The maximum Gasteiger partial charge on any atom is 0.265 e. The lowest BCUT2D eigenvalue weighted by atomic mass is 9.95. The fraction of sp³-hybridized carbons (Fsp3) is 0.192. The molecule has 0 saturated heterocycles. The van der Waals surface area contributed by atoms with E-state index in [2.05, 4.69) is 18.0 Å². The van der Waals surface area contributed by atoms with E-state index < -0.39 is 0 Å². The lowest BCUT2D eigenvalue weighted by molar-refractivity contribution is 0.0975. The molecular formula is C26H23N3O2. The zero-order valence-electron chi connectivity index (χ0n) is 17.6. The van der Waals surface area contributed by atoms with Crippen LogP contribution < -0.4 is 10.5 Å². The van der Waals surface area contributed by atoms with Crippen molar-refractivity contribution in [2.75, 3.05) is 4.90 Å². The van der Waals surface area contributed by atoms with Crippen LogP contribution in [0.3, 0.4) is 0 Å². The molecule has 1 aromatic heterocycles. The summed E-state index contributed by atoms with van der Waals surface area (Å²) >= 11 is 0. The number of hydrogen-bond donors (Lipinski definition) is 0. The monoisotopic (exact) mass is 409 g/mol. The molecule has 1 atom stereocenters. The second kappa shape index (κ2) is 7.51. The molecule has 0 N–H and O–H groups in total. The van der Waals surface area contributed by atoms with Crippen LogP contribution in [0.15, 0.2) is 77.6 Å². The minimum absolute atomic E-state index is 0.0214. The normalized spacial score (nSPS) is 15.7. The van der Waals surface area contributed by atoms with Crippen LogP contribution in [0.2, 0.25) is 0 Å². The van der Waals surface area contributed by atoms with Crippen molar-refractivity contribution in [3.8, 4) is 5.69 Å². The molecular weight excluding hydrogens is 386 g/mol. The molecule has 5 nitrogen and oxygen atoms in total. The average molecular weight is 409 g/mol. The molecule has 2 heterocycles. The fourth-order valence-corrected chi connectivity index (χ4v) is 4.44. The van der Waals surface area contributed by atoms with Gasteiger partial charge in [0.2, 0.25) is 0 Å². The average Bonchev–Trinajstić information content (AvgIpc) is 2.79. The predicted molar refractivity (Wildman–Crippen MR) is 123 cm³/mol. The summed E-state index contributed by atoms with van der Waals surface area (Å²) in [4.78, 5) is 32.9. The van der Waals surface area contributed by atoms with Gasteiger partial charge < -0.3 is 4.90 Å². The van der Waals surface area contributed by atoms with Gasteiger partial charge in [-0.1, -0.05) is 30.3 Å². The number of nitrogens with zero attached hydrogens (tertiary/aromatic N) is 3. The minimum atomic E-state index is -0.110. The Morgan fingerprint density at radius 1 is 0.968 bits per heavy atom. The molecule has 1 aliphatic rings. The molecule has 1 unspecified atom stereocenters. The quantitative estimate of drug-likeness (QED) is 0.483. The fourth-order valence-electron chi connectivity index (χ4n) is 4.44. The standard InChI is InChI=1S/C26H23N3O2/c1-17-11-12-19-7-3-6-10-24(19)28(17)25(30)20-13-15-21(16-14-20)29-18(2)27-23-9-5-4-8-22(23)26(29)31/h3-10,13-17H,11-12H2,1-2H3. The number of aromatic nitrogens is 2. The molecule has 0 aliphatic carbocycles. The van der Waals surface area contributed by atoms with E-state index in [1.807, 2.05) is 60.4 Å². The molecule has 0 fully saturated rings. The lowest BCUT2D eigenvalue weighted by Gasteiger charge is -2.35. The van der Waals surface area contributed by atoms with Gasteiger partial charge in [-0.15, -0.1) is 0 Å². The first kappa shape index (κ1) is 19.2. The summed E-state index contributed by atoms with van der Waals surface area (Å²) in [6.45, 7) is 3.91. The molecule has 3 aromatic carbocycles. The van der Waals surface area contributed by atoms with E-state index in [9.17, 15) is 9.59 Å². The third-order valence-electron chi connectivity index (χ3n) is 6.06. The number of fused-ring (bicyclic) bond motifs is 2. The molecule has 154 valence electrons. The zero-order chi connectivity index (χ0) is 21.5. The first-order chi connectivity index (χ1) is 15.0. The Morgan fingerprint density at radius 3 is 2.48 bits per heavy atom. The molecule has 1 amide bonds. The largest absolute Gasteiger partial charge is 0.305 e. The minimum Gasteiger partial charge on any atom is -0.305 e. The Bertz CT molecular complexity index is 1360. The third-order valence-corrected chi connectivity index (χ3v) is 6.06. The highest BCUT2D eigenvalue weighted by atomic mass is 16.2. The van der Waals surface area contributed by atoms with Gasteiger partial charge >= 0.3 is 0 Å². The van der Waals surface area contributed by atoms with Crippen LogP contribution in [0, 0.1) is 6.92 Å². The Balaban J connectivity index is 1.53. The Labute approximate surface area is 180 Å². The van der Waals surface area contributed by atoms with Crippen LogP contribution in [0.4, 0.5) is 5.69 Å². The summed E-state index contributed by atoms with van der Waals surface area (Å²) in [6, 6.07) is 22.8. The SMILES string of the molecule is Cc1nc2ccccc2c(=O)n1-c1ccc(C(=O)N2c3ccccc3CCC2C)cc1. The van der Waals surface area contributed by atoms with Crippen LogP contribution in [0.5, 0.6) is 0 Å². The van der Waals surface area contributed by atoms with Crippen LogP contribution in [0.1, 0.15) is 35.1 Å². The molecule has 0 radical (unpaired) electrons. The van der Waals surface area contributed by atoms with Crippen molar-refractivity contribution >= 4 is 22.5 Å². The number of benzene rings is 3. The van der Waals surface area contributed by atoms with E-state index in [4.69, 9.17) is 0 Å². The lowest BCUT2D eigenvalue weighted by Crippen LogP contribution is -2.42. The van der Waals surface area contributed by atoms with Gasteiger partial charge in [-0.25, -0.2) is 4.98 Å². The van der Waals surface area contributed by atoms with Gasteiger partial charge in [0.15, 0.2) is 0 Å². The Hall–Kier alpha value is -3.73. The van der Waals surface area contributed by atoms with Crippen molar-refractivity contribution in [2.24, 2.45) is 0 Å². The van der Waals surface area contributed by atoms with Crippen molar-refractivity contribution in [1.29, 1.82) is 0 Å². The Kier molecular flexibility index (Phi) is 4.66. The van der Waals surface area contributed by atoms with Crippen molar-refractivity contribution in [3.63, 3.8) is 0 Å². The number of para-hydroxylation sites is 2. The highest BCUT2D eigenvalue weighted by molar-refractivity contribution is 6.07. The number of carbonyl (C=O) groups is 1. The van der Waals surface area contributed by atoms with Gasteiger partial charge in [-0.3, -0.25) is 14.2 Å². The number of anilines is 1. The second-order valence-corrected chi connectivity index (χ2v) is 8.06. The summed E-state index contributed by atoms with van der Waals surface area (Å²) in [7, 11) is 0. The van der Waals surface area contributed by atoms with E-state index in [-0.39, 0.29) is 17.5 Å². The maximum atomic E-state index is 13.4. The van der Waals surface area contributed by atoms with Gasteiger partial charge in [0.1, 0.15) is 5.82 Å². The number of aryl methyl sites for hydroxylation is 2. The highest BCUT2D eigenvalue weighted by Gasteiger charge is 2.28. The Morgan fingerprint density at radius 2 is 1.68 bits per heavy atom. The maximum absolute atomic E-state index is 13.4. The van der Waals surface area contributed by atoms with E-state index in [1.165, 1.54) is 5.56 Å². The smallest absolute Gasteiger partial charge is 0.265 e. The summed E-state index contributed by atoms with van der Waals surface area (Å²) in [5, 5.41) is 0.576. The van der Waals surface area contributed by atoms with Crippen molar-refractivity contribution in [1.82, 2.24) is 9.55 Å². The number of carbonyl (C=O) groups excluding carboxylic acids is 1. The number of rotatable bonds is 2. The third kappa shape index (κ3) is 3.22. The molecule has 4 aromatic rings. The highest BCUT2D eigenvalue weighted by Crippen LogP contribution is 2.31. The molecule has 31 heavy (non-hydrogen) atoms. The first-order valence-electron chi connectivity index (χ1n) is 10.5. The topological polar surface area (TPSA) is 55.2 Å². The molecule has 5 rings (SSSR count). The van der Waals surface area contributed by atoms with Gasteiger partial charge in [0.25, 0.3) is 11.5 Å². The van der Waals surface area contributed by atoms with Crippen LogP contribution in [-0.4, -0.2) is 21.5 Å². The van der Waals surface area contributed by atoms with Crippen molar-refractivity contribution in [2.45, 2.75) is 32.7 Å². The molecule has 0 spiro atoms. The van der Waals surface area contributed by atoms with Gasteiger partial charge in [0.05, 0.1) is 16.6 Å². The molecule has 1 aliphatic heterocycles. The molecule has 0 bridgehead atoms. The van der Waals surface area contributed by atoms with Gasteiger partial charge in [-0.2, -0.15) is 0 Å². The zero-order valence-corrected chi connectivity index (χ0v) is 17.6. The summed E-state index contributed by atoms with van der Waals surface area (Å²) < 4.78 is 1.59. The van der Waals surface area contributed by atoms with Gasteiger partial charge in [0, 0.05) is 17.3 Å². The molecule has 0 saturated carbocycles. The van der Waals surface area contributed by atoms with E-state index in [0.717, 1.165) is 18.5 Å².